The van der Waals surface area contributed by atoms with Crippen LogP contribution in [0.5, 0.6) is 0 Å². The second-order valence-electron chi connectivity index (χ2n) is 7.89. The molecule has 0 saturated heterocycles. The molecule has 0 bridgehead atoms. The van der Waals surface area contributed by atoms with Crippen molar-refractivity contribution >= 4 is 34.0 Å². The van der Waals surface area contributed by atoms with Crippen molar-refractivity contribution in [2.75, 3.05) is 0 Å². The van der Waals surface area contributed by atoms with E-state index in [0.29, 0.717) is 11.1 Å². The molecular formula is C27H21NO4S. The minimum Gasteiger partial charge on any atom is -0.290 e. The summed E-state index contributed by atoms with van der Waals surface area (Å²) < 4.78 is 20.7. The summed E-state index contributed by atoms with van der Waals surface area (Å²) in [4.78, 5) is 25.8. The number of allylic oxidation sites excluding steroid dienone is 1. The number of benzene rings is 3. The highest BCUT2D eigenvalue weighted by atomic mass is 32.2. The number of rotatable bonds is 6. The van der Waals surface area contributed by atoms with Gasteiger partial charge in [0.05, 0.1) is 18.6 Å². The summed E-state index contributed by atoms with van der Waals surface area (Å²) >= 11 is -1.88. The normalized spacial score (nSPS) is 20.8. The number of nitrogens with zero attached hydrogens (tertiary/aromatic N) is 1. The Hall–Kier alpha value is -3.61. The first-order chi connectivity index (χ1) is 16.1. The molecule has 164 valence electrons. The summed E-state index contributed by atoms with van der Waals surface area (Å²) in [5.41, 5.74) is 3.83. The molecule has 5 rings (SSSR count). The molecule has 3 aromatic rings. The van der Waals surface area contributed by atoms with E-state index in [4.69, 9.17) is 4.18 Å². The van der Waals surface area contributed by atoms with Crippen molar-refractivity contribution in [2.45, 2.75) is 12.6 Å². The van der Waals surface area contributed by atoms with Crippen molar-refractivity contribution in [1.82, 2.24) is 4.31 Å². The largest absolute Gasteiger partial charge is 0.290 e. The zero-order chi connectivity index (χ0) is 22.8. The zero-order valence-electron chi connectivity index (χ0n) is 17.7. The Morgan fingerprint density at radius 1 is 0.758 bits per heavy atom. The van der Waals surface area contributed by atoms with E-state index >= 15 is 0 Å². The highest BCUT2D eigenvalue weighted by Gasteiger charge is 2.49. The first-order valence-electron chi connectivity index (χ1n) is 10.6. The zero-order valence-corrected chi connectivity index (χ0v) is 18.5. The standard InChI is InChI=1S/C27H21NO4S/c29-24-16-22(20-12-6-2-7-13-20)26-25(27(24)30)23(21-14-8-3-9-15-21)17-28(26)33(31)32-18-19-10-4-1-5-11-19/h1-17,25-26H,18H2. The Bertz CT molecular complexity index is 1270. The van der Waals surface area contributed by atoms with Crippen molar-refractivity contribution in [3.8, 4) is 0 Å². The van der Waals surface area contributed by atoms with E-state index in [1.54, 1.807) is 10.5 Å². The van der Waals surface area contributed by atoms with Crippen molar-refractivity contribution in [3.63, 3.8) is 0 Å². The Morgan fingerprint density at radius 2 is 1.30 bits per heavy atom. The quantitative estimate of drug-likeness (QED) is 0.518. The van der Waals surface area contributed by atoms with Crippen LogP contribution in [0.1, 0.15) is 16.7 Å². The number of carbonyl (C=O) groups is 2. The lowest BCUT2D eigenvalue weighted by molar-refractivity contribution is -0.135. The molecule has 3 unspecified atom stereocenters. The first-order valence-corrected chi connectivity index (χ1v) is 11.7. The van der Waals surface area contributed by atoms with Crippen molar-refractivity contribution in [3.05, 3.63) is 120 Å². The number of fused-ring (bicyclic) bond motifs is 1. The van der Waals surface area contributed by atoms with Crippen LogP contribution in [-0.2, 0) is 31.6 Å². The molecule has 0 saturated carbocycles. The van der Waals surface area contributed by atoms with E-state index in [1.807, 2.05) is 91.0 Å². The van der Waals surface area contributed by atoms with Crippen LogP contribution >= 0.6 is 0 Å². The second kappa shape index (κ2) is 9.10. The van der Waals surface area contributed by atoms with Gasteiger partial charge in [-0.2, -0.15) is 0 Å². The fourth-order valence-corrected chi connectivity index (χ4v) is 5.30. The molecule has 1 aliphatic carbocycles. The lowest BCUT2D eigenvalue weighted by atomic mass is 9.76. The Labute approximate surface area is 194 Å². The van der Waals surface area contributed by atoms with Crippen LogP contribution in [0, 0.1) is 5.92 Å². The minimum atomic E-state index is -1.88. The first kappa shape index (κ1) is 21.2. The van der Waals surface area contributed by atoms with E-state index in [-0.39, 0.29) is 6.61 Å². The average Bonchev–Trinajstić information content (AvgIpc) is 3.27. The predicted molar refractivity (Wildman–Crippen MR) is 127 cm³/mol. The average molecular weight is 456 g/mol. The van der Waals surface area contributed by atoms with Crippen molar-refractivity contribution < 1.29 is 18.0 Å². The molecule has 0 fully saturated rings. The SMILES string of the molecule is O=C1C=C(c2ccccc2)C2C(C1=O)C(c1ccccc1)=CN2S(=O)OCc1ccccc1. The maximum absolute atomic E-state index is 13.4. The third-order valence-electron chi connectivity index (χ3n) is 5.88. The molecule has 2 aliphatic rings. The molecule has 3 atom stereocenters. The van der Waals surface area contributed by atoms with Crippen LogP contribution < -0.4 is 0 Å². The van der Waals surface area contributed by atoms with Gasteiger partial charge in [0, 0.05) is 6.20 Å². The molecule has 33 heavy (non-hydrogen) atoms. The van der Waals surface area contributed by atoms with Gasteiger partial charge in [-0.05, 0) is 33.9 Å². The van der Waals surface area contributed by atoms with Gasteiger partial charge in [0.25, 0.3) is 11.3 Å². The van der Waals surface area contributed by atoms with Gasteiger partial charge >= 0.3 is 0 Å². The topological polar surface area (TPSA) is 63.7 Å². The molecule has 5 nitrogen and oxygen atoms in total. The summed E-state index contributed by atoms with van der Waals surface area (Å²) in [6, 6.07) is 27.7. The number of Topliss-reactive ketones (excluding diaryl/α,β-unsaturated/α-hetero) is 1. The van der Waals surface area contributed by atoms with Gasteiger partial charge in [-0.1, -0.05) is 91.0 Å². The van der Waals surface area contributed by atoms with Crippen LogP contribution in [0.3, 0.4) is 0 Å². The molecule has 0 spiro atoms. The van der Waals surface area contributed by atoms with Gasteiger partial charge < -0.3 is 0 Å². The van der Waals surface area contributed by atoms with Gasteiger partial charge in [-0.3, -0.25) is 18.1 Å². The summed E-state index contributed by atoms with van der Waals surface area (Å²) in [6.07, 6.45) is 3.08. The Kier molecular flexibility index (Phi) is 5.86. The van der Waals surface area contributed by atoms with Gasteiger partial charge in [-0.15, -0.1) is 0 Å². The van der Waals surface area contributed by atoms with Gasteiger partial charge in [0.15, 0.2) is 0 Å². The van der Waals surface area contributed by atoms with Gasteiger partial charge in [0.2, 0.25) is 11.6 Å². The Morgan fingerprint density at radius 3 is 1.91 bits per heavy atom. The van der Waals surface area contributed by atoms with E-state index in [0.717, 1.165) is 16.7 Å². The number of carbonyl (C=O) groups excluding carboxylic acids is 2. The molecule has 1 aliphatic heterocycles. The van der Waals surface area contributed by atoms with Gasteiger partial charge in [0.1, 0.15) is 0 Å². The lowest BCUT2D eigenvalue weighted by Gasteiger charge is -2.32. The molecule has 0 aromatic heterocycles. The third kappa shape index (κ3) is 4.11. The molecule has 0 radical (unpaired) electrons. The second-order valence-corrected chi connectivity index (χ2v) is 8.98. The fraction of sp³-hybridized carbons (Fsp3) is 0.111. The van der Waals surface area contributed by atoms with Crippen LogP contribution in [-0.4, -0.2) is 26.1 Å². The number of hydrogen-bond donors (Lipinski definition) is 0. The molecular weight excluding hydrogens is 434 g/mol. The smallest absolute Gasteiger partial charge is 0.264 e. The predicted octanol–water partition coefficient (Wildman–Crippen LogP) is 4.36. The van der Waals surface area contributed by atoms with Crippen LogP contribution in [0.15, 0.2) is 103 Å². The van der Waals surface area contributed by atoms with Crippen LogP contribution in [0.2, 0.25) is 0 Å². The highest BCUT2D eigenvalue weighted by Crippen LogP contribution is 2.45. The Balaban J connectivity index is 1.56. The van der Waals surface area contributed by atoms with Crippen molar-refractivity contribution in [1.29, 1.82) is 0 Å². The molecule has 3 aromatic carbocycles. The summed E-state index contributed by atoms with van der Waals surface area (Å²) in [6.45, 7) is 0.160. The number of hydrogen-bond acceptors (Lipinski definition) is 4. The van der Waals surface area contributed by atoms with Gasteiger partial charge in [-0.25, -0.2) is 4.21 Å². The fourth-order valence-electron chi connectivity index (χ4n) is 4.33. The van der Waals surface area contributed by atoms with Crippen LogP contribution in [0.4, 0.5) is 0 Å². The number of ketones is 2. The summed E-state index contributed by atoms with van der Waals surface area (Å²) in [7, 11) is 0. The van der Waals surface area contributed by atoms with E-state index < -0.39 is 34.8 Å². The van der Waals surface area contributed by atoms with E-state index in [1.165, 1.54) is 6.08 Å². The van der Waals surface area contributed by atoms with E-state index in [2.05, 4.69) is 0 Å². The molecule has 6 heteroatoms. The maximum atomic E-state index is 13.4. The summed E-state index contributed by atoms with van der Waals surface area (Å²) in [5.74, 6) is -1.81. The highest BCUT2D eigenvalue weighted by molar-refractivity contribution is 7.77. The maximum Gasteiger partial charge on any atom is 0.264 e. The molecule has 1 heterocycles. The third-order valence-corrected chi connectivity index (χ3v) is 6.87. The van der Waals surface area contributed by atoms with Crippen LogP contribution in [0.25, 0.3) is 11.1 Å². The van der Waals surface area contributed by atoms with E-state index in [9.17, 15) is 13.8 Å². The molecule has 0 N–H and O–H groups in total. The lowest BCUT2D eigenvalue weighted by Crippen LogP contribution is -2.43. The summed E-state index contributed by atoms with van der Waals surface area (Å²) in [5, 5.41) is 0. The minimum absolute atomic E-state index is 0.160. The van der Waals surface area contributed by atoms with Crippen molar-refractivity contribution in [2.24, 2.45) is 5.92 Å². The molecule has 0 amide bonds. The monoisotopic (exact) mass is 455 g/mol.